The Hall–Kier alpha value is -4.55. The second kappa shape index (κ2) is 13.8. The molecule has 0 spiro atoms. The Morgan fingerprint density at radius 1 is 1.07 bits per heavy atom. The third kappa shape index (κ3) is 7.50. The molecular formula is C32H36FN7O3S. The van der Waals surface area contributed by atoms with Gasteiger partial charge in [0.15, 0.2) is 5.13 Å². The molecule has 44 heavy (non-hydrogen) atoms. The van der Waals surface area contributed by atoms with Crippen LogP contribution in [0.4, 0.5) is 14.3 Å². The van der Waals surface area contributed by atoms with Crippen LogP contribution in [0.2, 0.25) is 0 Å². The molecule has 0 bridgehead atoms. The molecule has 1 fully saturated rings. The Kier molecular flexibility index (Phi) is 9.71. The number of nitrogens with one attached hydrogen (secondary N) is 2. The zero-order valence-electron chi connectivity index (χ0n) is 24.7. The molecule has 4 aromatic rings. The molecule has 3 aromatic carbocycles. The molecule has 0 unspecified atom stereocenters. The fourth-order valence-corrected chi connectivity index (χ4v) is 6.13. The van der Waals surface area contributed by atoms with E-state index in [1.807, 2.05) is 62.4 Å². The zero-order valence-corrected chi connectivity index (χ0v) is 25.5. The number of benzene rings is 3. The van der Waals surface area contributed by atoms with Crippen LogP contribution in [0, 0.1) is 5.82 Å². The first-order chi connectivity index (χ1) is 21.2. The van der Waals surface area contributed by atoms with Crippen LogP contribution in [-0.2, 0) is 29.1 Å². The molecular weight excluding hydrogens is 581 g/mol. The number of nitrogen functional groups attached to an aromatic ring is 1. The number of carbonyl (C=O) groups excluding carboxylic acids is 3. The Balaban J connectivity index is 1.41. The van der Waals surface area contributed by atoms with Gasteiger partial charge >= 0.3 is 6.03 Å². The average molecular weight is 618 g/mol. The molecule has 4 amide bonds. The second-order valence-corrected chi connectivity index (χ2v) is 12.1. The SMILES string of the molecule is CC(C)N(C(=O)NCc1ccc(F)cc1)N1CCN(Cc2cccc3sc(N)nc23)C(=O)[C@H](Cc2ccccc2)NC(=O)C1. The van der Waals surface area contributed by atoms with Crippen LogP contribution in [-0.4, -0.2) is 69.5 Å². The first-order valence-electron chi connectivity index (χ1n) is 14.5. The quantitative estimate of drug-likeness (QED) is 0.275. The van der Waals surface area contributed by atoms with Crippen LogP contribution < -0.4 is 16.4 Å². The summed E-state index contributed by atoms with van der Waals surface area (Å²) in [7, 11) is 0. The fraction of sp³-hybridized carbons (Fsp3) is 0.312. The summed E-state index contributed by atoms with van der Waals surface area (Å²) in [5, 5.41) is 9.45. The van der Waals surface area contributed by atoms with Crippen molar-refractivity contribution in [1.29, 1.82) is 0 Å². The molecule has 1 saturated heterocycles. The van der Waals surface area contributed by atoms with E-state index in [2.05, 4.69) is 15.6 Å². The number of hydrogen-bond donors (Lipinski definition) is 3. The van der Waals surface area contributed by atoms with Crippen molar-refractivity contribution in [2.75, 3.05) is 25.4 Å². The molecule has 5 rings (SSSR count). The van der Waals surface area contributed by atoms with Crippen molar-refractivity contribution in [3.8, 4) is 0 Å². The highest BCUT2D eigenvalue weighted by Crippen LogP contribution is 2.27. The summed E-state index contributed by atoms with van der Waals surface area (Å²) in [5.41, 5.74) is 9.24. The van der Waals surface area contributed by atoms with Crippen LogP contribution in [0.3, 0.4) is 0 Å². The van der Waals surface area contributed by atoms with E-state index >= 15 is 0 Å². The second-order valence-electron chi connectivity index (χ2n) is 11.0. The summed E-state index contributed by atoms with van der Waals surface area (Å²) < 4.78 is 14.3. The lowest BCUT2D eigenvalue weighted by Crippen LogP contribution is -2.57. The topological polar surface area (TPSA) is 124 Å². The Morgan fingerprint density at radius 2 is 1.82 bits per heavy atom. The van der Waals surface area contributed by atoms with E-state index < -0.39 is 12.1 Å². The zero-order chi connectivity index (χ0) is 31.2. The van der Waals surface area contributed by atoms with E-state index in [1.54, 1.807) is 22.0 Å². The maximum Gasteiger partial charge on any atom is 0.332 e. The molecule has 0 radical (unpaired) electrons. The number of halogens is 1. The van der Waals surface area contributed by atoms with Gasteiger partial charge in [0.1, 0.15) is 11.9 Å². The molecule has 1 aromatic heterocycles. The van der Waals surface area contributed by atoms with Gasteiger partial charge in [0.25, 0.3) is 0 Å². The summed E-state index contributed by atoms with van der Waals surface area (Å²) in [6.07, 6.45) is 0.321. The maximum atomic E-state index is 14.1. The van der Waals surface area contributed by atoms with E-state index in [0.717, 1.165) is 26.9 Å². The van der Waals surface area contributed by atoms with Gasteiger partial charge in [0.2, 0.25) is 11.8 Å². The van der Waals surface area contributed by atoms with E-state index in [1.165, 1.54) is 28.5 Å². The highest BCUT2D eigenvalue weighted by molar-refractivity contribution is 7.22. The monoisotopic (exact) mass is 617 g/mol. The molecule has 1 aliphatic heterocycles. The number of carbonyl (C=O) groups is 3. The smallest absolute Gasteiger partial charge is 0.332 e. The molecule has 0 saturated carbocycles. The normalized spacial score (nSPS) is 16.4. The van der Waals surface area contributed by atoms with Crippen LogP contribution in [0.15, 0.2) is 72.8 Å². The summed E-state index contributed by atoms with van der Waals surface area (Å²) in [6, 6.07) is 19.7. The molecule has 4 N–H and O–H groups in total. The van der Waals surface area contributed by atoms with Crippen molar-refractivity contribution in [2.45, 2.75) is 45.4 Å². The summed E-state index contributed by atoms with van der Waals surface area (Å²) in [6.45, 7) is 4.53. The number of aromatic nitrogens is 1. The predicted octanol–water partition coefficient (Wildman–Crippen LogP) is 3.92. The van der Waals surface area contributed by atoms with Gasteiger partial charge in [-0.15, -0.1) is 0 Å². The van der Waals surface area contributed by atoms with Crippen molar-refractivity contribution in [3.63, 3.8) is 0 Å². The highest BCUT2D eigenvalue weighted by Gasteiger charge is 2.33. The molecule has 10 nitrogen and oxygen atoms in total. The minimum Gasteiger partial charge on any atom is -0.375 e. The standard InChI is InChI=1S/C32H36FN7O3S/c1-21(2)40(32(43)35-18-23-11-13-25(33)14-12-23)39-16-15-38(19-24-9-6-10-27-29(24)37-31(34)44-27)30(42)26(36-28(41)20-39)17-22-7-4-3-5-8-22/h3-14,21,26H,15-20H2,1-2H3,(H2,34,37)(H,35,43)(H,36,41)/t26-/m0/s1. The Bertz CT molecular complexity index is 1610. The number of hydrazine groups is 1. The first kappa shape index (κ1) is 30.9. The number of amides is 4. The lowest BCUT2D eigenvalue weighted by atomic mass is 10.0. The minimum atomic E-state index is -0.802. The van der Waals surface area contributed by atoms with Gasteiger partial charge in [-0.3, -0.25) is 14.6 Å². The first-order valence-corrected chi connectivity index (χ1v) is 15.3. The van der Waals surface area contributed by atoms with Crippen LogP contribution in [0.5, 0.6) is 0 Å². The van der Waals surface area contributed by atoms with Crippen LogP contribution in [0.25, 0.3) is 10.2 Å². The van der Waals surface area contributed by atoms with Crippen molar-refractivity contribution in [1.82, 2.24) is 30.5 Å². The van der Waals surface area contributed by atoms with E-state index in [0.29, 0.717) is 11.6 Å². The maximum absolute atomic E-state index is 14.1. The van der Waals surface area contributed by atoms with Crippen LogP contribution >= 0.6 is 11.3 Å². The molecule has 0 aliphatic carbocycles. The number of fused-ring (bicyclic) bond motifs is 1. The fourth-order valence-electron chi connectivity index (χ4n) is 5.35. The summed E-state index contributed by atoms with van der Waals surface area (Å²) >= 11 is 1.39. The Labute approximate surface area is 259 Å². The number of thiazole rings is 1. The van der Waals surface area contributed by atoms with Gasteiger partial charge in [0.05, 0.1) is 16.8 Å². The van der Waals surface area contributed by atoms with E-state index in [-0.39, 0.29) is 56.4 Å². The third-order valence-electron chi connectivity index (χ3n) is 7.42. The van der Waals surface area contributed by atoms with Crippen molar-refractivity contribution in [2.24, 2.45) is 0 Å². The van der Waals surface area contributed by atoms with E-state index in [4.69, 9.17) is 5.73 Å². The number of rotatable bonds is 8. The summed E-state index contributed by atoms with van der Waals surface area (Å²) in [5.74, 6) is -0.945. The number of anilines is 1. The number of nitrogens with two attached hydrogens (primary N) is 1. The Morgan fingerprint density at radius 3 is 2.55 bits per heavy atom. The number of para-hydroxylation sites is 1. The van der Waals surface area contributed by atoms with Gasteiger partial charge in [-0.1, -0.05) is 65.9 Å². The molecule has 2 heterocycles. The third-order valence-corrected chi connectivity index (χ3v) is 8.27. The molecule has 12 heteroatoms. The minimum absolute atomic E-state index is 0.118. The van der Waals surface area contributed by atoms with Crippen molar-refractivity contribution >= 4 is 44.5 Å². The van der Waals surface area contributed by atoms with Gasteiger partial charge in [-0.05, 0) is 48.7 Å². The van der Waals surface area contributed by atoms with Crippen LogP contribution in [0.1, 0.15) is 30.5 Å². The van der Waals surface area contributed by atoms with Gasteiger partial charge in [-0.2, -0.15) is 0 Å². The number of hydrogen-bond acceptors (Lipinski definition) is 7. The lowest BCUT2D eigenvalue weighted by Gasteiger charge is -2.37. The highest BCUT2D eigenvalue weighted by atomic mass is 32.1. The lowest BCUT2D eigenvalue weighted by molar-refractivity contribution is -0.136. The predicted molar refractivity (Wildman–Crippen MR) is 169 cm³/mol. The van der Waals surface area contributed by atoms with Gasteiger partial charge < -0.3 is 21.3 Å². The number of nitrogens with zero attached hydrogens (tertiary/aromatic N) is 4. The van der Waals surface area contributed by atoms with E-state index in [9.17, 15) is 18.8 Å². The van der Waals surface area contributed by atoms with Crippen molar-refractivity contribution < 1.29 is 18.8 Å². The average Bonchev–Trinajstić information content (AvgIpc) is 3.40. The molecule has 1 atom stereocenters. The number of urea groups is 1. The summed E-state index contributed by atoms with van der Waals surface area (Å²) in [4.78, 5) is 47.2. The molecule has 1 aliphatic rings. The largest absolute Gasteiger partial charge is 0.375 e. The van der Waals surface area contributed by atoms with Crippen molar-refractivity contribution in [3.05, 3.63) is 95.3 Å². The molecule has 230 valence electrons. The van der Waals surface area contributed by atoms with Gasteiger partial charge in [-0.25, -0.2) is 19.2 Å². The van der Waals surface area contributed by atoms with Gasteiger partial charge in [0, 0.05) is 38.6 Å².